The van der Waals surface area contributed by atoms with E-state index in [1.165, 1.54) is 0 Å². The van der Waals surface area contributed by atoms with Gasteiger partial charge in [-0.15, -0.1) is 0 Å². The first kappa shape index (κ1) is 13.9. The summed E-state index contributed by atoms with van der Waals surface area (Å²) in [4.78, 5) is 14.4. The Balaban J connectivity index is 2.24. The van der Waals surface area contributed by atoms with Crippen molar-refractivity contribution in [2.45, 2.75) is 33.2 Å². The van der Waals surface area contributed by atoms with Crippen LogP contribution >= 0.6 is 0 Å². The molecule has 3 N–H and O–H groups in total. The molecular weight excluding hydrogens is 244 g/mol. The molecule has 2 heterocycles. The third-order valence-corrected chi connectivity index (χ3v) is 3.74. The molecular formula is C13H22N4O2. The van der Waals surface area contributed by atoms with Gasteiger partial charge in [0.2, 0.25) is 0 Å². The van der Waals surface area contributed by atoms with Crippen LogP contribution in [0, 0.1) is 12.8 Å². The zero-order valence-electron chi connectivity index (χ0n) is 11.6. The highest BCUT2D eigenvalue weighted by Gasteiger charge is 2.28. The van der Waals surface area contributed by atoms with Gasteiger partial charge in [-0.25, -0.2) is 0 Å². The van der Waals surface area contributed by atoms with Crippen LogP contribution in [0.5, 0.6) is 0 Å². The Hall–Kier alpha value is -1.56. The van der Waals surface area contributed by atoms with Crippen molar-refractivity contribution in [3.8, 4) is 0 Å². The van der Waals surface area contributed by atoms with Gasteiger partial charge < -0.3 is 15.7 Å². The first-order valence-corrected chi connectivity index (χ1v) is 6.81. The molecule has 1 aliphatic heterocycles. The molecule has 19 heavy (non-hydrogen) atoms. The summed E-state index contributed by atoms with van der Waals surface area (Å²) in [7, 11) is 0. The summed E-state index contributed by atoms with van der Waals surface area (Å²) in [5.41, 5.74) is 7.62. The van der Waals surface area contributed by atoms with E-state index >= 15 is 0 Å². The summed E-state index contributed by atoms with van der Waals surface area (Å²) in [5, 5.41) is 13.5. The van der Waals surface area contributed by atoms with Crippen LogP contribution in [0.2, 0.25) is 0 Å². The highest BCUT2D eigenvalue weighted by atomic mass is 16.3. The lowest BCUT2D eigenvalue weighted by molar-refractivity contribution is 0.0610. The van der Waals surface area contributed by atoms with Gasteiger partial charge in [-0.05, 0) is 32.6 Å². The fourth-order valence-corrected chi connectivity index (χ4v) is 2.60. The molecule has 1 atom stereocenters. The van der Waals surface area contributed by atoms with Gasteiger partial charge in [0.15, 0.2) is 0 Å². The number of piperidine rings is 1. The molecule has 2 rings (SSSR count). The van der Waals surface area contributed by atoms with Crippen molar-refractivity contribution in [3.05, 3.63) is 11.4 Å². The predicted octanol–water partition coefficient (Wildman–Crippen LogP) is 0.638. The van der Waals surface area contributed by atoms with Crippen molar-refractivity contribution < 1.29 is 9.90 Å². The molecule has 1 aromatic rings. The Bertz CT molecular complexity index is 469. The van der Waals surface area contributed by atoms with Crippen molar-refractivity contribution in [3.63, 3.8) is 0 Å². The van der Waals surface area contributed by atoms with Gasteiger partial charge in [-0.1, -0.05) is 0 Å². The SMILES string of the molecule is CCn1nc(C)c(N)c1C(=O)N1CCCC(CO)C1. The maximum Gasteiger partial charge on any atom is 0.274 e. The van der Waals surface area contributed by atoms with E-state index in [1.807, 2.05) is 13.8 Å². The molecule has 1 saturated heterocycles. The van der Waals surface area contributed by atoms with Gasteiger partial charge >= 0.3 is 0 Å². The zero-order valence-corrected chi connectivity index (χ0v) is 11.6. The second-order valence-corrected chi connectivity index (χ2v) is 5.11. The molecule has 0 spiro atoms. The molecule has 1 aromatic heterocycles. The predicted molar refractivity (Wildman–Crippen MR) is 72.8 cm³/mol. The Morgan fingerprint density at radius 1 is 1.58 bits per heavy atom. The van der Waals surface area contributed by atoms with Crippen molar-refractivity contribution >= 4 is 11.6 Å². The van der Waals surface area contributed by atoms with Gasteiger partial charge in [0.05, 0.1) is 11.4 Å². The van der Waals surface area contributed by atoms with Crippen molar-refractivity contribution in [2.24, 2.45) is 5.92 Å². The summed E-state index contributed by atoms with van der Waals surface area (Å²) in [6.45, 7) is 5.83. The summed E-state index contributed by atoms with van der Waals surface area (Å²) >= 11 is 0. The van der Waals surface area contributed by atoms with Crippen LogP contribution in [0.15, 0.2) is 0 Å². The maximum absolute atomic E-state index is 12.6. The summed E-state index contributed by atoms with van der Waals surface area (Å²) in [6.07, 6.45) is 1.90. The number of hydrogen-bond acceptors (Lipinski definition) is 4. The lowest BCUT2D eigenvalue weighted by Gasteiger charge is -2.32. The molecule has 0 aliphatic carbocycles. The number of aliphatic hydroxyl groups excluding tert-OH is 1. The normalized spacial score (nSPS) is 19.7. The van der Waals surface area contributed by atoms with E-state index < -0.39 is 0 Å². The number of likely N-dealkylation sites (tertiary alicyclic amines) is 1. The number of aromatic nitrogens is 2. The minimum absolute atomic E-state index is 0.0712. The number of nitrogens with zero attached hydrogens (tertiary/aromatic N) is 3. The molecule has 106 valence electrons. The summed E-state index contributed by atoms with van der Waals surface area (Å²) < 4.78 is 1.66. The van der Waals surface area contributed by atoms with Crippen LogP contribution in [-0.2, 0) is 6.54 Å². The van der Waals surface area contributed by atoms with Crippen LogP contribution < -0.4 is 5.73 Å². The highest BCUT2D eigenvalue weighted by molar-refractivity contribution is 5.98. The van der Waals surface area contributed by atoms with E-state index in [9.17, 15) is 9.90 Å². The minimum Gasteiger partial charge on any atom is -0.396 e. The standard InChI is InChI=1S/C13H22N4O2/c1-3-17-12(11(14)9(2)15-17)13(19)16-6-4-5-10(7-16)8-18/h10,18H,3-8,14H2,1-2H3. The largest absolute Gasteiger partial charge is 0.396 e. The number of carbonyl (C=O) groups excluding carboxylic acids is 1. The number of aryl methyl sites for hydroxylation is 2. The van der Waals surface area contributed by atoms with Gasteiger partial charge in [-0.3, -0.25) is 9.48 Å². The molecule has 1 aliphatic rings. The number of rotatable bonds is 3. The van der Waals surface area contributed by atoms with E-state index in [-0.39, 0.29) is 18.4 Å². The molecule has 1 unspecified atom stereocenters. The second-order valence-electron chi connectivity index (χ2n) is 5.11. The number of amides is 1. The van der Waals surface area contributed by atoms with Crippen LogP contribution in [0.3, 0.4) is 0 Å². The number of nitrogen functional groups attached to an aromatic ring is 1. The molecule has 6 nitrogen and oxygen atoms in total. The Morgan fingerprint density at radius 2 is 2.32 bits per heavy atom. The molecule has 1 amide bonds. The van der Waals surface area contributed by atoms with E-state index in [1.54, 1.807) is 9.58 Å². The first-order valence-electron chi connectivity index (χ1n) is 6.81. The first-order chi connectivity index (χ1) is 9.08. The van der Waals surface area contributed by atoms with E-state index in [4.69, 9.17) is 5.73 Å². The number of anilines is 1. The molecule has 0 saturated carbocycles. The zero-order chi connectivity index (χ0) is 14.0. The minimum atomic E-state index is -0.0712. The average Bonchev–Trinajstić information content (AvgIpc) is 2.73. The Kier molecular flexibility index (Phi) is 4.09. The molecule has 6 heteroatoms. The number of carbonyl (C=O) groups is 1. The second kappa shape index (κ2) is 5.61. The number of aliphatic hydroxyl groups is 1. The fourth-order valence-electron chi connectivity index (χ4n) is 2.60. The third-order valence-electron chi connectivity index (χ3n) is 3.74. The fraction of sp³-hybridized carbons (Fsp3) is 0.692. The third kappa shape index (κ3) is 2.58. The van der Waals surface area contributed by atoms with Gasteiger partial charge in [-0.2, -0.15) is 5.10 Å². The Morgan fingerprint density at radius 3 is 2.95 bits per heavy atom. The quantitative estimate of drug-likeness (QED) is 0.840. The van der Waals surface area contributed by atoms with Crippen molar-refractivity contribution in [1.29, 1.82) is 0 Å². The number of nitrogens with two attached hydrogens (primary N) is 1. The lowest BCUT2D eigenvalue weighted by atomic mass is 9.99. The van der Waals surface area contributed by atoms with Crippen LogP contribution in [0.1, 0.15) is 35.9 Å². The van der Waals surface area contributed by atoms with Crippen LogP contribution in [0.25, 0.3) is 0 Å². The highest BCUT2D eigenvalue weighted by Crippen LogP contribution is 2.22. The Labute approximate surface area is 113 Å². The van der Waals surface area contributed by atoms with E-state index in [2.05, 4.69) is 5.10 Å². The maximum atomic E-state index is 12.6. The van der Waals surface area contributed by atoms with E-state index in [0.717, 1.165) is 19.4 Å². The smallest absolute Gasteiger partial charge is 0.274 e. The van der Waals surface area contributed by atoms with Crippen molar-refractivity contribution in [2.75, 3.05) is 25.4 Å². The number of hydrogen-bond donors (Lipinski definition) is 2. The van der Waals surface area contributed by atoms with Gasteiger partial charge in [0, 0.05) is 26.2 Å². The molecule has 0 radical (unpaired) electrons. The van der Waals surface area contributed by atoms with E-state index in [0.29, 0.717) is 30.2 Å². The van der Waals surface area contributed by atoms with Crippen molar-refractivity contribution in [1.82, 2.24) is 14.7 Å². The van der Waals surface area contributed by atoms with Gasteiger partial charge in [0.1, 0.15) is 5.69 Å². The lowest BCUT2D eigenvalue weighted by Crippen LogP contribution is -2.42. The van der Waals surface area contributed by atoms with Gasteiger partial charge in [0.25, 0.3) is 5.91 Å². The summed E-state index contributed by atoms with van der Waals surface area (Å²) in [6, 6.07) is 0. The average molecular weight is 266 g/mol. The molecule has 0 bridgehead atoms. The molecule has 1 fully saturated rings. The molecule has 0 aromatic carbocycles. The topological polar surface area (TPSA) is 84.4 Å². The van der Waals surface area contributed by atoms with Crippen LogP contribution in [-0.4, -0.2) is 45.4 Å². The summed E-state index contributed by atoms with van der Waals surface area (Å²) in [5.74, 6) is 0.108. The monoisotopic (exact) mass is 266 g/mol. The van der Waals surface area contributed by atoms with Crippen LogP contribution in [0.4, 0.5) is 5.69 Å².